The van der Waals surface area contributed by atoms with E-state index in [-0.39, 0.29) is 6.10 Å². The number of ether oxygens (including phenoxy) is 1. The third kappa shape index (κ3) is 4.88. The third-order valence-electron chi connectivity index (χ3n) is 5.25. The van der Waals surface area contributed by atoms with Gasteiger partial charge in [-0.05, 0) is 24.8 Å². The second-order valence-corrected chi connectivity index (χ2v) is 8.40. The van der Waals surface area contributed by atoms with Gasteiger partial charge in [0.2, 0.25) is 0 Å². The second kappa shape index (κ2) is 9.40. The summed E-state index contributed by atoms with van der Waals surface area (Å²) in [6.45, 7) is 5.42. The maximum atomic E-state index is 6.00. The van der Waals surface area contributed by atoms with Crippen molar-refractivity contribution in [1.29, 1.82) is 0 Å². The summed E-state index contributed by atoms with van der Waals surface area (Å²) in [7, 11) is 3.89. The summed E-state index contributed by atoms with van der Waals surface area (Å²) in [4.78, 5) is 8.50. The van der Waals surface area contributed by atoms with E-state index in [1.807, 2.05) is 42.7 Å². The number of guanidine groups is 1. The van der Waals surface area contributed by atoms with Crippen molar-refractivity contribution in [3.05, 3.63) is 52.0 Å². The fourth-order valence-corrected chi connectivity index (χ4v) is 4.11. The van der Waals surface area contributed by atoms with E-state index in [1.165, 1.54) is 4.88 Å². The Hall–Kier alpha value is -2.72. The van der Waals surface area contributed by atoms with Crippen molar-refractivity contribution >= 4 is 17.3 Å². The van der Waals surface area contributed by atoms with Gasteiger partial charge in [0.1, 0.15) is 18.5 Å². The molecule has 4 rings (SSSR count). The molecule has 0 radical (unpaired) electrons. The molecule has 30 heavy (non-hydrogen) atoms. The molecule has 1 unspecified atom stereocenters. The first-order valence-electron chi connectivity index (χ1n) is 10.1. The molecule has 1 saturated heterocycles. The Labute approximate surface area is 180 Å². The summed E-state index contributed by atoms with van der Waals surface area (Å²) in [5.74, 6) is 2.61. The summed E-state index contributed by atoms with van der Waals surface area (Å²) in [5, 5.41) is 18.3. The van der Waals surface area contributed by atoms with Gasteiger partial charge in [0.25, 0.3) is 0 Å². The number of rotatable bonds is 6. The molecule has 10 heteroatoms. The minimum absolute atomic E-state index is 0.0196. The van der Waals surface area contributed by atoms with Crippen LogP contribution >= 0.6 is 11.3 Å². The zero-order chi connectivity index (χ0) is 20.9. The standard InChI is InChI=1S/C20H28N8OS/c1-15-24-25-19(27(15)3)12-22-20(21-7-6-17-5-4-10-30-17)28-8-9-29-18(14-28)16-11-23-26(2)13-16/h4-5,10-11,13,18H,6-9,12,14H2,1-3H3,(H,21,22). The van der Waals surface area contributed by atoms with Crippen LogP contribution in [0.2, 0.25) is 0 Å². The van der Waals surface area contributed by atoms with Crippen molar-refractivity contribution in [2.75, 3.05) is 26.2 Å². The van der Waals surface area contributed by atoms with Crippen LogP contribution in [0.25, 0.3) is 0 Å². The van der Waals surface area contributed by atoms with Gasteiger partial charge >= 0.3 is 0 Å². The third-order valence-corrected chi connectivity index (χ3v) is 6.19. The largest absolute Gasteiger partial charge is 0.370 e. The normalized spacial score (nSPS) is 17.5. The molecule has 0 aliphatic carbocycles. The summed E-state index contributed by atoms with van der Waals surface area (Å²) >= 11 is 1.78. The van der Waals surface area contributed by atoms with Gasteiger partial charge in [0.15, 0.2) is 11.8 Å². The average Bonchev–Trinajstić information content (AvgIpc) is 3.49. The Morgan fingerprint density at radius 2 is 2.27 bits per heavy atom. The number of nitrogens with zero attached hydrogens (tertiary/aromatic N) is 7. The zero-order valence-electron chi connectivity index (χ0n) is 17.7. The van der Waals surface area contributed by atoms with Crippen LogP contribution in [-0.4, -0.2) is 61.6 Å². The molecule has 1 atom stereocenters. The molecule has 3 aromatic rings. The van der Waals surface area contributed by atoms with Crippen LogP contribution in [0.15, 0.2) is 34.9 Å². The molecule has 160 valence electrons. The number of hydrogen-bond acceptors (Lipinski definition) is 6. The molecular weight excluding hydrogens is 400 g/mol. The fourth-order valence-electron chi connectivity index (χ4n) is 3.40. The number of thiophene rings is 1. The molecule has 4 heterocycles. The quantitative estimate of drug-likeness (QED) is 0.475. The van der Waals surface area contributed by atoms with Crippen molar-refractivity contribution in [1.82, 2.24) is 34.8 Å². The molecule has 1 fully saturated rings. The van der Waals surface area contributed by atoms with E-state index in [1.54, 1.807) is 11.3 Å². The predicted octanol–water partition coefficient (Wildman–Crippen LogP) is 1.68. The Bertz CT molecular complexity index is 977. The molecule has 0 amide bonds. The molecule has 1 N–H and O–H groups in total. The first-order chi connectivity index (χ1) is 14.6. The van der Waals surface area contributed by atoms with Crippen LogP contribution in [0, 0.1) is 6.92 Å². The van der Waals surface area contributed by atoms with Gasteiger partial charge in [0.05, 0.1) is 19.3 Å². The lowest BCUT2D eigenvalue weighted by Crippen LogP contribution is -2.48. The van der Waals surface area contributed by atoms with Crippen LogP contribution in [0.5, 0.6) is 0 Å². The van der Waals surface area contributed by atoms with Crippen LogP contribution < -0.4 is 5.32 Å². The van der Waals surface area contributed by atoms with E-state index in [0.717, 1.165) is 49.2 Å². The van der Waals surface area contributed by atoms with E-state index in [4.69, 9.17) is 9.73 Å². The molecule has 9 nitrogen and oxygen atoms in total. The minimum Gasteiger partial charge on any atom is -0.370 e. The lowest BCUT2D eigenvalue weighted by molar-refractivity contribution is -0.00807. The first-order valence-corrected chi connectivity index (χ1v) is 11.0. The Morgan fingerprint density at radius 1 is 1.37 bits per heavy atom. The van der Waals surface area contributed by atoms with Crippen molar-refractivity contribution in [3.63, 3.8) is 0 Å². The van der Waals surface area contributed by atoms with E-state index < -0.39 is 0 Å². The summed E-state index contributed by atoms with van der Waals surface area (Å²) in [6.07, 6.45) is 4.83. The van der Waals surface area contributed by atoms with Crippen molar-refractivity contribution in [3.8, 4) is 0 Å². The highest BCUT2D eigenvalue weighted by Gasteiger charge is 2.25. The van der Waals surface area contributed by atoms with E-state index in [0.29, 0.717) is 13.2 Å². The maximum Gasteiger partial charge on any atom is 0.194 e. The van der Waals surface area contributed by atoms with Crippen molar-refractivity contribution < 1.29 is 4.74 Å². The molecule has 0 aromatic carbocycles. The van der Waals surface area contributed by atoms with Gasteiger partial charge in [-0.15, -0.1) is 21.5 Å². The molecule has 3 aromatic heterocycles. The number of aliphatic imine (C=N–C) groups is 1. The predicted molar refractivity (Wildman–Crippen MR) is 116 cm³/mol. The smallest absolute Gasteiger partial charge is 0.194 e. The van der Waals surface area contributed by atoms with Crippen LogP contribution in [0.1, 0.15) is 28.2 Å². The number of hydrogen-bond donors (Lipinski definition) is 1. The van der Waals surface area contributed by atoms with Crippen LogP contribution in [-0.2, 0) is 31.8 Å². The van der Waals surface area contributed by atoms with Gasteiger partial charge in [-0.1, -0.05) is 6.07 Å². The molecule has 0 spiro atoms. The monoisotopic (exact) mass is 428 g/mol. The summed E-state index contributed by atoms with van der Waals surface area (Å²) < 4.78 is 9.79. The Kier molecular flexibility index (Phi) is 6.44. The van der Waals surface area contributed by atoms with Crippen LogP contribution in [0.4, 0.5) is 0 Å². The Morgan fingerprint density at radius 3 is 2.97 bits per heavy atom. The number of nitrogens with one attached hydrogen (secondary N) is 1. The molecule has 1 aliphatic rings. The fraction of sp³-hybridized carbons (Fsp3) is 0.500. The summed E-state index contributed by atoms with van der Waals surface area (Å²) in [6, 6.07) is 4.25. The topological polar surface area (TPSA) is 85.4 Å². The molecular formula is C20H28N8OS. The highest BCUT2D eigenvalue weighted by Crippen LogP contribution is 2.21. The number of morpholine rings is 1. The molecule has 0 bridgehead atoms. The molecule has 1 aliphatic heterocycles. The summed E-state index contributed by atoms with van der Waals surface area (Å²) in [5.41, 5.74) is 1.09. The first kappa shape index (κ1) is 20.5. The lowest BCUT2D eigenvalue weighted by atomic mass is 10.1. The zero-order valence-corrected chi connectivity index (χ0v) is 18.5. The van der Waals surface area contributed by atoms with Crippen molar-refractivity contribution in [2.24, 2.45) is 19.1 Å². The van der Waals surface area contributed by atoms with Gasteiger partial charge in [-0.2, -0.15) is 5.10 Å². The highest BCUT2D eigenvalue weighted by atomic mass is 32.1. The van der Waals surface area contributed by atoms with Gasteiger partial charge < -0.3 is 19.5 Å². The van der Waals surface area contributed by atoms with Gasteiger partial charge in [-0.25, -0.2) is 4.99 Å². The Balaban J connectivity index is 1.47. The van der Waals surface area contributed by atoms with Crippen LogP contribution in [0.3, 0.4) is 0 Å². The number of aryl methyl sites for hydroxylation is 2. The SMILES string of the molecule is Cc1nnc(CN=C(NCCc2cccs2)N2CCOC(c3cnn(C)c3)C2)n1C. The van der Waals surface area contributed by atoms with E-state index in [2.05, 4.69) is 43.0 Å². The highest BCUT2D eigenvalue weighted by molar-refractivity contribution is 7.09. The lowest BCUT2D eigenvalue weighted by Gasteiger charge is -2.35. The van der Waals surface area contributed by atoms with Gasteiger partial charge in [-0.3, -0.25) is 4.68 Å². The average molecular weight is 429 g/mol. The van der Waals surface area contributed by atoms with E-state index in [9.17, 15) is 0 Å². The second-order valence-electron chi connectivity index (χ2n) is 7.37. The van der Waals surface area contributed by atoms with Gasteiger partial charge in [0, 0.05) is 43.8 Å². The molecule has 0 saturated carbocycles. The maximum absolute atomic E-state index is 6.00. The van der Waals surface area contributed by atoms with Crippen molar-refractivity contribution in [2.45, 2.75) is 26.0 Å². The number of aromatic nitrogens is 5. The minimum atomic E-state index is -0.0196. The van der Waals surface area contributed by atoms with E-state index >= 15 is 0 Å².